The molecule has 4 heteroatoms. The average Bonchev–Trinajstić information content (AvgIpc) is 2.14. The van der Waals surface area contributed by atoms with Crippen LogP contribution in [0, 0.1) is 0 Å². The van der Waals surface area contributed by atoms with E-state index in [4.69, 9.17) is 0 Å². The van der Waals surface area contributed by atoms with Gasteiger partial charge >= 0.3 is 0 Å². The van der Waals surface area contributed by atoms with Gasteiger partial charge in [0.1, 0.15) is 0 Å². The summed E-state index contributed by atoms with van der Waals surface area (Å²) in [5, 5.41) is 5.53. The Morgan fingerprint density at radius 1 is 0.733 bits per heavy atom. The Morgan fingerprint density at radius 3 is 1.40 bits per heavy atom. The second kappa shape index (κ2) is 9.49. The second-order valence-electron chi connectivity index (χ2n) is 3.73. The highest BCUT2D eigenvalue weighted by molar-refractivity contribution is 5.72. The number of hydrogen-bond acceptors (Lipinski definition) is 2. The van der Waals surface area contributed by atoms with Crippen LogP contribution in [0.4, 0.5) is 0 Å². The Morgan fingerprint density at radius 2 is 1.07 bits per heavy atom. The van der Waals surface area contributed by atoms with Gasteiger partial charge in [0.2, 0.25) is 11.8 Å². The molecule has 0 unspecified atom stereocenters. The van der Waals surface area contributed by atoms with Gasteiger partial charge in [0.15, 0.2) is 0 Å². The van der Waals surface area contributed by atoms with E-state index in [1.807, 2.05) is 0 Å². The molecule has 0 spiro atoms. The Labute approximate surface area is 91.8 Å². The molecule has 0 aromatic rings. The second-order valence-corrected chi connectivity index (χ2v) is 3.73. The van der Waals surface area contributed by atoms with Crippen LogP contribution >= 0.6 is 0 Å². The van der Waals surface area contributed by atoms with E-state index < -0.39 is 0 Å². The van der Waals surface area contributed by atoms with E-state index in [0.29, 0.717) is 0 Å². The molecular formula is C11H22N2O2. The van der Waals surface area contributed by atoms with E-state index in [2.05, 4.69) is 10.6 Å². The topological polar surface area (TPSA) is 58.2 Å². The number of carbonyl (C=O) groups is 2. The Bertz CT molecular complexity index is 173. The number of carbonyl (C=O) groups excluding carboxylic acids is 2. The van der Waals surface area contributed by atoms with E-state index in [1.54, 1.807) is 0 Å². The van der Waals surface area contributed by atoms with E-state index in [0.717, 1.165) is 38.8 Å². The van der Waals surface area contributed by atoms with Gasteiger partial charge in [-0.1, -0.05) is 19.3 Å². The number of nitrogens with one attached hydrogen (secondary N) is 2. The van der Waals surface area contributed by atoms with Gasteiger partial charge in [0, 0.05) is 26.9 Å². The van der Waals surface area contributed by atoms with Gasteiger partial charge in [-0.25, -0.2) is 0 Å². The largest absolute Gasteiger partial charge is 0.356 e. The molecule has 0 heterocycles. The molecule has 0 aliphatic heterocycles. The van der Waals surface area contributed by atoms with Crippen molar-refractivity contribution in [3.8, 4) is 0 Å². The normalized spacial score (nSPS) is 9.73. The minimum Gasteiger partial charge on any atom is -0.356 e. The predicted octanol–water partition coefficient (Wildman–Crippen LogP) is 1.21. The van der Waals surface area contributed by atoms with Crippen molar-refractivity contribution in [2.75, 3.05) is 13.1 Å². The fourth-order valence-corrected chi connectivity index (χ4v) is 1.31. The van der Waals surface area contributed by atoms with Crippen molar-refractivity contribution in [2.45, 2.75) is 46.0 Å². The third-order valence-electron chi connectivity index (χ3n) is 2.10. The SMILES string of the molecule is CC(=O)NCCCCCCCNC(C)=O. The molecule has 0 aliphatic rings. The highest BCUT2D eigenvalue weighted by Crippen LogP contribution is 2.01. The maximum Gasteiger partial charge on any atom is 0.216 e. The van der Waals surface area contributed by atoms with Crippen molar-refractivity contribution in [2.24, 2.45) is 0 Å². The minimum atomic E-state index is 0.0423. The van der Waals surface area contributed by atoms with Gasteiger partial charge in [-0.3, -0.25) is 9.59 Å². The Balaban J connectivity index is 2.99. The molecule has 2 N–H and O–H groups in total. The van der Waals surface area contributed by atoms with Crippen LogP contribution in [-0.2, 0) is 9.59 Å². The number of amides is 2. The molecule has 15 heavy (non-hydrogen) atoms. The molecule has 0 radical (unpaired) electrons. The molecule has 0 aromatic carbocycles. The summed E-state index contributed by atoms with van der Waals surface area (Å²) in [5.41, 5.74) is 0. The van der Waals surface area contributed by atoms with Gasteiger partial charge in [-0.15, -0.1) is 0 Å². The molecule has 0 saturated heterocycles. The maximum atomic E-state index is 10.5. The van der Waals surface area contributed by atoms with Crippen molar-refractivity contribution in [3.05, 3.63) is 0 Å². The summed E-state index contributed by atoms with van der Waals surface area (Å²) in [6.07, 6.45) is 5.53. The first-order chi connectivity index (χ1) is 7.13. The van der Waals surface area contributed by atoms with Crippen LogP contribution < -0.4 is 10.6 Å². The fraction of sp³-hybridized carbons (Fsp3) is 0.818. The number of hydrogen-bond donors (Lipinski definition) is 2. The quantitative estimate of drug-likeness (QED) is 0.597. The van der Waals surface area contributed by atoms with Gasteiger partial charge in [-0.05, 0) is 12.8 Å². The summed E-state index contributed by atoms with van der Waals surface area (Å²) in [6, 6.07) is 0. The van der Waals surface area contributed by atoms with Crippen LogP contribution in [0.3, 0.4) is 0 Å². The number of rotatable bonds is 8. The summed E-state index contributed by atoms with van der Waals surface area (Å²) in [5.74, 6) is 0.0846. The van der Waals surface area contributed by atoms with Gasteiger partial charge in [0.25, 0.3) is 0 Å². The lowest BCUT2D eigenvalue weighted by Gasteiger charge is -2.03. The third kappa shape index (κ3) is 12.9. The number of unbranched alkanes of at least 4 members (excludes halogenated alkanes) is 4. The third-order valence-corrected chi connectivity index (χ3v) is 2.10. The van der Waals surface area contributed by atoms with Crippen LogP contribution in [-0.4, -0.2) is 24.9 Å². The van der Waals surface area contributed by atoms with Crippen LogP contribution in [0.1, 0.15) is 46.0 Å². The summed E-state index contributed by atoms with van der Waals surface area (Å²) in [4.78, 5) is 21.1. The zero-order valence-corrected chi connectivity index (χ0v) is 9.77. The van der Waals surface area contributed by atoms with Gasteiger partial charge < -0.3 is 10.6 Å². The predicted molar refractivity (Wildman–Crippen MR) is 60.5 cm³/mol. The van der Waals surface area contributed by atoms with Crippen molar-refractivity contribution in [3.63, 3.8) is 0 Å². The molecular weight excluding hydrogens is 192 g/mol. The minimum absolute atomic E-state index is 0.0423. The monoisotopic (exact) mass is 214 g/mol. The van der Waals surface area contributed by atoms with Crippen molar-refractivity contribution in [1.29, 1.82) is 0 Å². The highest BCUT2D eigenvalue weighted by Gasteiger charge is 1.93. The first-order valence-corrected chi connectivity index (χ1v) is 5.62. The molecule has 0 aliphatic carbocycles. The molecule has 88 valence electrons. The van der Waals surface area contributed by atoms with E-state index >= 15 is 0 Å². The van der Waals surface area contributed by atoms with Crippen molar-refractivity contribution < 1.29 is 9.59 Å². The molecule has 0 atom stereocenters. The van der Waals surface area contributed by atoms with Crippen LogP contribution in [0.5, 0.6) is 0 Å². The van der Waals surface area contributed by atoms with Gasteiger partial charge in [0.05, 0.1) is 0 Å². The molecule has 0 bridgehead atoms. The first-order valence-electron chi connectivity index (χ1n) is 5.62. The standard InChI is InChI=1S/C11H22N2O2/c1-10(14)12-8-6-4-3-5-7-9-13-11(2)15/h3-9H2,1-2H3,(H,12,14)(H,13,15). The Hall–Kier alpha value is -1.06. The smallest absolute Gasteiger partial charge is 0.216 e. The van der Waals surface area contributed by atoms with Crippen molar-refractivity contribution >= 4 is 11.8 Å². The summed E-state index contributed by atoms with van der Waals surface area (Å²) in [6.45, 7) is 4.63. The lowest BCUT2D eigenvalue weighted by atomic mass is 10.1. The molecule has 4 nitrogen and oxygen atoms in total. The van der Waals surface area contributed by atoms with Crippen LogP contribution in [0.2, 0.25) is 0 Å². The summed E-state index contributed by atoms with van der Waals surface area (Å²) < 4.78 is 0. The van der Waals surface area contributed by atoms with E-state index in [1.165, 1.54) is 20.3 Å². The average molecular weight is 214 g/mol. The van der Waals surface area contributed by atoms with Crippen molar-refractivity contribution in [1.82, 2.24) is 10.6 Å². The molecule has 0 rings (SSSR count). The van der Waals surface area contributed by atoms with Crippen LogP contribution in [0.25, 0.3) is 0 Å². The lowest BCUT2D eigenvalue weighted by molar-refractivity contribution is -0.119. The zero-order chi connectivity index (χ0) is 11.5. The highest BCUT2D eigenvalue weighted by atomic mass is 16.1. The maximum absolute atomic E-state index is 10.5. The molecule has 0 aromatic heterocycles. The molecule has 0 saturated carbocycles. The first kappa shape index (κ1) is 13.9. The molecule has 2 amide bonds. The lowest BCUT2D eigenvalue weighted by Crippen LogP contribution is -2.21. The summed E-state index contributed by atoms with van der Waals surface area (Å²) >= 11 is 0. The fourth-order valence-electron chi connectivity index (χ4n) is 1.31. The summed E-state index contributed by atoms with van der Waals surface area (Å²) in [7, 11) is 0. The van der Waals surface area contributed by atoms with Gasteiger partial charge in [-0.2, -0.15) is 0 Å². The Kier molecular flexibility index (Phi) is 8.82. The zero-order valence-electron chi connectivity index (χ0n) is 9.77. The van der Waals surface area contributed by atoms with E-state index in [9.17, 15) is 9.59 Å². The molecule has 0 fully saturated rings. The van der Waals surface area contributed by atoms with Crippen LogP contribution in [0.15, 0.2) is 0 Å². The van der Waals surface area contributed by atoms with E-state index in [-0.39, 0.29) is 11.8 Å².